The van der Waals surface area contributed by atoms with Gasteiger partial charge in [0.2, 0.25) is 0 Å². The summed E-state index contributed by atoms with van der Waals surface area (Å²) in [7, 11) is 0. The van der Waals surface area contributed by atoms with Crippen molar-refractivity contribution in [3.05, 3.63) is 62.8 Å². The molecule has 3 aromatic rings. The number of hydrogen-bond donors (Lipinski definition) is 1. The van der Waals surface area contributed by atoms with Gasteiger partial charge in [0, 0.05) is 10.9 Å². The topological polar surface area (TPSA) is 46.9 Å². The number of benzene rings is 1. The molecule has 1 unspecified atom stereocenters. The fourth-order valence-electron chi connectivity index (χ4n) is 3.56. The molecule has 4 rings (SSSR count). The Labute approximate surface area is 149 Å². The minimum absolute atomic E-state index is 0.00808. The molecule has 2 heterocycles. The summed E-state index contributed by atoms with van der Waals surface area (Å²) < 4.78 is 14.7. The summed E-state index contributed by atoms with van der Waals surface area (Å²) in [6, 6.07) is 6.73. The maximum Gasteiger partial charge on any atom is 0.262 e. The number of nitrogens with zero attached hydrogens (tertiary/aromatic N) is 2. The van der Waals surface area contributed by atoms with Crippen molar-refractivity contribution >= 4 is 21.6 Å². The molecule has 0 saturated carbocycles. The molecule has 0 saturated heterocycles. The molecule has 0 spiro atoms. The highest BCUT2D eigenvalue weighted by Crippen LogP contribution is 2.33. The highest BCUT2D eigenvalue weighted by atomic mass is 32.1. The number of halogens is 1. The standard InChI is InChI=1S/C19H20FN3OS/c1-2-21-14-7-8-15-16(9-14)25-18-17(15)19(24)23(11-22-18)10-12-3-5-13(20)6-4-12/h3-6,11,14,21H,2,7-10H2,1H3. The Bertz CT molecular complexity index is 961. The molecule has 0 radical (unpaired) electrons. The summed E-state index contributed by atoms with van der Waals surface area (Å²) in [5, 5.41) is 4.28. The zero-order valence-corrected chi connectivity index (χ0v) is 14.9. The molecule has 25 heavy (non-hydrogen) atoms. The van der Waals surface area contributed by atoms with Crippen LogP contribution in [0.4, 0.5) is 4.39 Å². The van der Waals surface area contributed by atoms with E-state index in [4.69, 9.17) is 0 Å². The van der Waals surface area contributed by atoms with Gasteiger partial charge in [-0.15, -0.1) is 11.3 Å². The van der Waals surface area contributed by atoms with Gasteiger partial charge >= 0.3 is 0 Å². The van der Waals surface area contributed by atoms with Crippen molar-refractivity contribution in [3.63, 3.8) is 0 Å². The van der Waals surface area contributed by atoms with E-state index in [9.17, 15) is 9.18 Å². The number of aromatic nitrogens is 2. The van der Waals surface area contributed by atoms with Crippen molar-refractivity contribution in [2.75, 3.05) is 6.54 Å². The van der Waals surface area contributed by atoms with Gasteiger partial charge in [-0.25, -0.2) is 9.37 Å². The lowest BCUT2D eigenvalue weighted by atomic mass is 9.93. The molecule has 4 nitrogen and oxygen atoms in total. The van der Waals surface area contributed by atoms with Crippen LogP contribution >= 0.6 is 11.3 Å². The van der Waals surface area contributed by atoms with E-state index in [1.165, 1.54) is 22.6 Å². The predicted octanol–water partition coefficient (Wildman–Crippen LogP) is 3.11. The number of rotatable bonds is 4. The molecule has 1 atom stereocenters. The molecule has 0 amide bonds. The second-order valence-electron chi connectivity index (χ2n) is 6.49. The third-order valence-corrected chi connectivity index (χ3v) is 5.96. The number of likely N-dealkylation sites (N-methyl/N-ethyl adjacent to an activating group) is 1. The Morgan fingerprint density at radius 1 is 1.36 bits per heavy atom. The van der Waals surface area contributed by atoms with Crippen LogP contribution in [0.5, 0.6) is 0 Å². The molecule has 1 aromatic carbocycles. The Morgan fingerprint density at radius 3 is 2.92 bits per heavy atom. The van der Waals surface area contributed by atoms with Gasteiger partial charge in [0.25, 0.3) is 5.56 Å². The van der Waals surface area contributed by atoms with Crippen LogP contribution < -0.4 is 10.9 Å². The van der Waals surface area contributed by atoms with Crippen molar-refractivity contribution in [1.82, 2.24) is 14.9 Å². The van der Waals surface area contributed by atoms with Crippen molar-refractivity contribution in [1.29, 1.82) is 0 Å². The van der Waals surface area contributed by atoms with Gasteiger partial charge in [0.15, 0.2) is 0 Å². The normalized spacial score (nSPS) is 17.0. The highest BCUT2D eigenvalue weighted by molar-refractivity contribution is 7.18. The predicted molar refractivity (Wildman–Crippen MR) is 98.9 cm³/mol. The first-order chi connectivity index (χ1) is 12.2. The van der Waals surface area contributed by atoms with Crippen LogP contribution in [0, 0.1) is 5.82 Å². The van der Waals surface area contributed by atoms with Crippen LogP contribution in [0.25, 0.3) is 10.2 Å². The zero-order chi connectivity index (χ0) is 17.4. The van der Waals surface area contributed by atoms with Crippen molar-refractivity contribution in [2.24, 2.45) is 0 Å². The molecule has 1 aliphatic carbocycles. The number of fused-ring (bicyclic) bond motifs is 3. The third kappa shape index (κ3) is 3.12. The highest BCUT2D eigenvalue weighted by Gasteiger charge is 2.24. The lowest BCUT2D eigenvalue weighted by molar-refractivity contribution is 0.476. The van der Waals surface area contributed by atoms with Gasteiger partial charge < -0.3 is 5.32 Å². The first kappa shape index (κ1) is 16.4. The van der Waals surface area contributed by atoms with E-state index in [2.05, 4.69) is 17.2 Å². The lowest BCUT2D eigenvalue weighted by Crippen LogP contribution is -2.34. The van der Waals surface area contributed by atoms with Gasteiger partial charge in [-0.05, 0) is 49.1 Å². The summed E-state index contributed by atoms with van der Waals surface area (Å²) in [6.07, 6.45) is 4.56. The number of hydrogen-bond acceptors (Lipinski definition) is 4. The molecule has 2 aromatic heterocycles. The maximum absolute atomic E-state index is 13.1. The van der Waals surface area contributed by atoms with E-state index in [0.717, 1.165) is 41.6 Å². The summed E-state index contributed by atoms with van der Waals surface area (Å²) in [5.41, 5.74) is 2.08. The van der Waals surface area contributed by atoms with E-state index in [1.807, 2.05) is 0 Å². The minimum Gasteiger partial charge on any atom is -0.314 e. The van der Waals surface area contributed by atoms with Gasteiger partial charge in [-0.3, -0.25) is 9.36 Å². The molecular weight excluding hydrogens is 337 g/mol. The molecule has 1 N–H and O–H groups in total. The first-order valence-corrected chi connectivity index (χ1v) is 9.45. The molecule has 1 aliphatic rings. The smallest absolute Gasteiger partial charge is 0.262 e. The second kappa shape index (κ2) is 6.69. The SMILES string of the molecule is CCNC1CCc2c(sc3ncn(Cc4ccc(F)cc4)c(=O)c23)C1. The maximum atomic E-state index is 13.1. The van der Waals surface area contributed by atoms with Gasteiger partial charge in [0.05, 0.1) is 18.3 Å². The summed E-state index contributed by atoms with van der Waals surface area (Å²) >= 11 is 1.65. The minimum atomic E-state index is -0.271. The largest absolute Gasteiger partial charge is 0.314 e. The first-order valence-electron chi connectivity index (χ1n) is 8.63. The van der Waals surface area contributed by atoms with Gasteiger partial charge in [0.1, 0.15) is 10.6 Å². The Morgan fingerprint density at radius 2 is 2.16 bits per heavy atom. The molecule has 0 fully saturated rings. The number of nitrogens with one attached hydrogen (secondary N) is 1. The Hall–Kier alpha value is -2.05. The second-order valence-corrected chi connectivity index (χ2v) is 7.57. The monoisotopic (exact) mass is 357 g/mol. The van der Waals surface area contributed by atoms with Crippen LogP contribution in [0.2, 0.25) is 0 Å². The van der Waals surface area contributed by atoms with Crippen molar-refractivity contribution < 1.29 is 4.39 Å². The Kier molecular flexibility index (Phi) is 4.39. The molecule has 0 bridgehead atoms. The fourth-order valence-corrected chi connectivity index (χ4v) is 4.82. The fraction of sp³-hybridized carbons (Fsp3) is 0.368. The number of aryl methyl sites for hydroxylation is 1. The molecular formula is C19H20FN3OS. The molecule has 0 aliphatic heterocycles. The average molecular weight is 357 g/mol. The van der Waals surface area contributed by atoms with E-state index in [0.29, 0.717) is 12.6 Å². The van der Waals surface area contributed by atoms with Crippen LogP contribution in [0.3, 0.4) is 0 Å². The summed E-state index contributed by atoms with van der Waals surface area (Å²) in [4.78, 5) is 19.6. The van der Waals surface area contributed by atoms with Gasteiger partial charge in [-0.1, -0.05) is 19.1 Å². The van der Waals surface area contributed by atoms with Crippen LogP contribution in [-0.2, 0) is 19.4 Å². The van der Waals surface area contributed by atoms with Gasteiger partial charge in [-0.2, -0.15) is 0 Å². The lowest BCUT2D eigenvalue weighted by Gasteiger charge is -2.22. The molecule has 130 valence electrons. The van der Waals surface area contributed by atoms with Crippen LogP contribution in [0.1, 0.15) is 29.3 Å². The average Bonchev–Trinajstić information content (AvgIpc) is 2.98. The van der Waals surface area contributed by atoms with E-state index >= 15 is 0 Å². The van der Waals surface area contributed by atoms with Crippen molar-refractivity contribution in [2.45, 2.75) is 38.8 Å². The Balaban J connectivity index is 1.71. The third-order valence-electron chi connectivity index (χ3n) is 4.79. The molecule has 6 heteroatoms. The summed E-state index contributed by atoms with van der Waals surface area (Å²) in [5.74, 6) is -0.271. The zero-order valence-electron chi connectivity index (χ0n) is 14.1. The van der Waals surface area contributed by atoms with E-state index in [-0.39, 0.29) is 11.4 Å². The van der Waals surface area contributed by atoms with E-state index in [1.54, 1.807) is 34.4 Å². The van der Waals surface area contributed by atoms with Crippen LogP contribution in [-0.4, -0.2) is 22.1 Å². The van der Waals surface area contributed by atoms with Crippen molar-refractivity contribution in [3.8, 4) is 0 Å². The quantitative estimate of drug-likeness (QED) is 0.780. The van der Waals surface area contributed by atoms with Crippen LogP contribution in [0.15, 0.2) is 35.4 Å². The van der Waals surface area contributed by atoms with E-state index < -0.39 is 0 Å². The summed E-state index contributed by atoms with van der Waals surface area (Å²) in [6.45, 7) is 3.50. The number of thiophene rings is 1.